The average molecular weight is 218 g/mol. The van der Waals surface area contributed by atoms with Crippen molar-refractivity contribution in [3.8, 4) is 0 Å². The SMILES string of the molecule is CCn1ccnc1C(N)c1ccc(=O)[nH]c1. The standard InChI is InChI=1S/C11H14N4O/c1-2-15-6-5-13-11(15)10(12)8-3-4-9(16)14-7-8/h3-7,10H,2,12H2,1H3,(H,14,16). The normalized spacial score (nSPS) is 12.6. The van der Waals surface area contributed by atoms with E-state index in [0.717, 1.165) is 17.9 Å². The van der Waals surface area contributed by atoms with E-state index in [1.165, 1.54) is 6.07 Å². The Labute approximate surface area is 92.9 Å². The highest BCUT2D eigenvalue weighted by atomic mass is 16.1. The lowest BCUT2D eigenvalue weighted by Crippen LogP contribution is -2.18. The quantitative estimate of drug-likeness (QED) is 0.793. The number of hydrogen-bond acceptors (Lipinski definition) is 3. The minimum Gasteiger partial charge on any atom is -0.334 e. The van der Waals surface area contributed by atoms with Gasteiger partial charge < -0.3 is 15.3 Å². The number of nitrogens with one attached hydrogen (secondary N) is 1. The van der Waals surface area contributed by atoms with Crippen LogP contribution in [0.15, 0.2) is 35.5 Å². The predicted molar refractivity (Wildman–Crippen MR) is 61.0 cm³/mol. The fourth-order valence-corrected chi connectivity index (χ4v) is 1.63. The molecule has 0 aromatic carbocycles. The molecule has 2 heterocycles. The Morgan fingerprint density at radius 2 is 2.38 bits per heavy atom. The highest BCUT2D eigenvalue weighted by molar-refractivity contribution is 5.21. The smallest absolute Gasteiger partial charge is 0.247 e. The highest BCUT2D eigenvalue weighted by Crippen LogP contribution is 2.16. The van der Waals surface area contributed by atoms with Crippen molar-refractivity contribution in [1.82, 2.24) is 14.5 Å². The van der Waals surface area contributed by atoms with Gasteiger partial charge in [-0.05, 0) is 12.5 Å². The molecule has 0 aliphatic heterocycles. The number of hydrogen-bond donors (Lipinski definition) is 2. The van der Waals surface area contributed by atoms with E-state index in [2.05, 4.69) is 9.97 Å². The number of rotatable bonds is 3. The first-order valence-electron chi connectivity index (χ1n) is 5.17. The van der Waals surface area contributed by atoms with Crippen LogP contribution in [0.3, 0.4) is 0 Å². The number of imidazole rings is 1. The summed E-state index contributed by atoms with van der Waals surface area (Å²) in [7, 11) is 0. The maximum atomic E-state index is 10.9. The lowest BCUT2D eigenvalue weighted by atomic mass is 10.1. The Hall–Kier alpha value is -1.88. The predicted octanol–water partition coefficient (Wildman–Crippen LogP) is 0.639. The van der Waals surface area contributed by atoms with Gasteiger partial charge in [0, 0.05) is 31.2 Å². The number of aromatic nitrogens is 3. The molecular formula is C11H14N4O. The van der Waals surface area contributed by atoms with E-state index >= 15 is 0 Å². The van der Waals surface area contributed by atoms with E-state index in [1.807, 2.05) is 17.7 Å². The molecule has 2 aromatic heterocycles. The molecule has 0 bridgehead atoms. The van der Waals surface area contributed by atoms with Crippen LogP contribution in [0.5, 0.6) is 0 Å². The summed E-state index contributed by atoms with van der Waals surface area (Å²) >= 11 is 0. The molecule has 16 heavy (non-hydrogen) atoms. The number of nitrogens with zero attached hydrogens (tertiary/aromatic N) is 2. The number of H-pyrrole nitrogens is 1. The van der Waals surface area contributed by atoms with Gasteiger partial charge in [-0.3, -0.25) is 4.79 Å². The number of nitrogens with two attached hydrogens (primary N) is 1. The summed E-state index contributed by atoms with van der Waals surface area (Å²) in [5, 5.41) is 0. The number of aryl methyl sites for hydroxylation is 1. The molecule has 5 nitrogen and oxygen atoms in total. The summed E-state index contributed by atoms with van der Waals surface area (Å²) in [6, 6.07) is 2.87. The third-order valence-corrected chi connectivity index (χ3v) is 2.53. The van der Waals surface area contributed by atoms with Gasteiger partial charge in [-0.25, -0.2) is 4.98 Å². The minimum atomic E-state index is -0.313. The van der Waals surface area contributed by atoms with Gasteiger partial charge in [0.05, 0.1) is 6.04 Å². The maximum absolute atomic E-state index is 10.9. The van der Waals surface area contributed by atoms with Gasteiger partial charge in [-0.2, -0.15) is 0 Å². The van der Waals surface area contributed by atoms with Crippen LogP contribution in [-0.4, -0.2) is 14.5 Å². The third kappa shape index (κ3) is 1.90. The fraction of sp³-hybridized carbons (Fsp3) is 0.273. The van der Waals surface area contributed by atoms with Crippen molar-refractivity contribution >= 4 is 0 Å². The second kappa shape index (κ2) is 4.32. The van der Waals surface area contributed by atoms with Crippen molar-refractivity contribution in [2.75, 3.05) is 0 Å². The molecule has 0 spiro atoms. The largest absolute Gasteiger partial charge is 0.334 e. The van der Waals surface area contributed by atoms with Crippen molar-refractivity contribution in [3.63, 3.8) is 0 Å². The molecule has 2 aromatic rings. The third-order valence-electron chi connectivity index (χ3n) is 2.53. The topological polar surface area (TPSA) is 76.7 Å². The molecule has 2 rings (SSSR count). The van der Waals surface area contributed by atoms with E-state index in [1.54, 1.807) is 18.5 Å². The Morgan fingerprint density at radius 3 is 3.00 bits per heavy atom. The van der Waals surface area contributed by atoms with Crippen molar-refractivity contribution in [3.05, 3.63) is 52.5 Å². The van der Waals surface area contributed by atoms with Crippen LogP contribution in [0.1, 0.15) is 24.4 Å². The van der Waals surface area contributed by atoms with Crippen molar-refractivity contribution in [2.45, 2.75) is 19.5 Å². The van der Waals surface area contributed by atoms with E-state index in [0.29, 0.717) is 0 Å². The second-order valence-corrected chi connectivity index (χ2v) is 3.54. The highest BCUT2D eigenvalue weighted by Gasteiger charge is 2.13. The molecule has 1 unspecified atom stereocenters. The summed E-state index contributed by atoms with van der Waals surface area (Å²) in [4.78, 5) is 17.8. The first kappa shape index (κ1) is 10.6. The van der Waals surface area contributed by atoms with Crippen molar-refractivity contribution in [2.24, 2.45) is 5.73 Å². The molecule has 3 N–H and O–H groups in total. The van der Waals surface area contributed by atoms with Crippen LogP contribution in [-0.2, 0) is 6.54 Å². The molecule has 0 aliphatic carbocycles. The van der Waals surface area contributed by atoms with Crippen LogP contribution in [0.2, 0.25) is 0 Å². The number of aromatic amines is 1. The van der Waals surface area contributed by atoms with Gasteiger partial charge in [0.25, 0.3) is 0 Å². The molecule has 5 heteroatoms. The molecule has 0 saturated carbocycles. The molecule has 0 radical (unpaired) electrons. The average Bonchev–Trinajstić information content (AvgIpc) is 2.77. The van der Waals surface area contributed by atoms with Crippen LogP contribution in [0, 0.1) is 0 Å². The summed E-state index contributed by atoms with van der Waals surface area (Å²) in [6.07, 6.45) is 5.24. The van der Waals surface area contributed by atoms with E-state index < -0.39 is 0 Å². The Bertz CT molecular complexity index is 508. The maximum Gasteiger partial charge on any atom is 0.247 e. The molecule has 1 atom stereocenters. The van der Waals surface area contributed by atoms with Crippen molar-refractivity contribution < 1.29 is 0 Å². The molecule has 0 saturated heterocycles. The molecule has 84 valence electrons. The molecule has 0 fully saturated rings. The summed E-state index contributed by atoms with van der Waals surface area (Å²) in [5.74, 6) is 0.801. The van der Waals surface area contributed by atoms with Crippen LogP contribution < -0.4 is 11.3 Å². The summed E-state index contributed by atoms with van der Waals surface area (Å²) in [6.45, 7) is 2.86. The Kier molecular flexibility index (Phi) is 2.87. The Balaban J connectivity index is 2.35. The van der Waals surface area contributed by atoms with Gasteiger partial charge in [0.15, 0.2) is 0 Å². The van der Waals surface area contributed by atoms with Gasteiger partial charge in [-0.15, -0.1) is 0 Å². The summed E-state index contributed by atoms with van der Waals surface area (Å²) < 4.78 is 1.98. The van der Waals surface area contributed by atoms with Crippen LogP contribution in [0.25, 0.3) is 0 Å². The van der Waals surface area contributed by atoms with E-state index in [9.17, 15) is 4.79 Å². The monoisotopic (exact) mass is 218 g/mol. The van der Waals surface area contributed by atoms with Gasteiger partial charge in [0.2, 0.25) is 5.56 Å². The van der Waals surface area contributed by atoms with Crippen LogP contribution >= 0.6 is 0 Å². The van der Waals surface area contributed by atoms with Gasteiger partial charge in [0.1, 0.15) is 5.82 Å². The first-order chi connectivity index (χ1) is 7.72. The summed E-state index contributed by atoms with van der Waals surface area (Å²) in [5.41, 5.74) is 6.80. The first-order valence-corrected chi connectivity index (χ1v) is 5.17. The zero-order chi connectivity index (χ0) is 11.5. The molecular weight excluding hydrogens is 204 g/mol. The van der Waals surface area contributed by atoms with E-state index in [-0.39, 0.29) is 11.6 Å². The lowest BCUT2D eigenvalue weighted by Gasteiger charge is -2.12. The molecule has 0 aliphatic rings. The van der Waals surface area contributed by atoms with Gasteiger partial charge in [-0.1, -0.05) is 6.07 Å². The zero-order valence-electron chi connectivity index (χ0n) is 9.05. The zero-order valence-corrected chi connectivity index (χ0v) is 9.05. The van der Waals surface area contributed by atoms with E-state index in [4.69, 9.17) is 5.73 Å². The number of pyridine rings is 1. The van der Waals surface area contributed by atoms with Gasteiger partial charge >= 0.3 is 0 Å². The minimum absolute atomic E-state index is 0.130. The van der Waals surface area contributed by atoms with Crippen LogP contribution in [0.4, 0.5) is 0 Å². The lowest BCUT2D eigenvalue weighted by molar-refractivity contribution is 0.655. The Morgan fingerprint density at radius 1 is 1.56 bits per heavy atom. The molecule has 0 amide bonds. The van der Waals surface area contributed by atoms with Crippen molar-refractivity contribution in [1.29, 1.82) is 0 Å². The second-order valence-electron chi connectivity index (χ2n) is 3.54. The fourth-order valence-electron chi connectivity index (χ4n) is 1.63.